The molecule has 3 aromatic heterocycles. The van der Waals surface area contributed by atoms with Crippen molar-refractivity contribution in [3.05, 3.63) is 33.2 Å². The number of fused-ring (bicyclic) bond motifs is 1. The number of nitrogens with zero attached hydrogens (tertiary/aromatic N) is 2. The van der Waals surface area contributed by atoms with Gasteiger partial charge >= 0.3 is 0 Å². The Morgan fingerprint density at radius 1 is 1.50 bits per heavy atom. The zero-order chi connectivity index (χ0) is 14.1. The van der Waals surface area contributed by atoms with E-state index in [9.17, 15) is 4.79 Å². The third-order valence-electron chi connectivity index (χ3n) is 2.68. The van der Waals surface area contributed by atoms with E-state index < -0.39 is 0 Å². The van der Waals surface area contributed by atoms with Crippen LogP contribution in [0.5, 0.6) is 0 Å². The van der Waals surface area contributed by atoms with E-state index in [1.54, 1.807) is 18.3 Å². The fourth-order valence-electron chi connectivity index (χ4n) is 1.79. The number of thioether (sulfide) groups is 1. The maximum Gasteiger partial charge on any atom is 0.260 e. The van der Waals surface area contributed by atoms with Gasteiger partial charge in [0.1, 0.15) is 4.83 Å². The second kappa shape index (κ2) is 5.40. The SMILES string of the molecule is C[C@@H](C#N)Sc1nc2scc(-c3cccs3)c2c(=O)[nH]1. The number of aromatic amines is 1. The highest BCUT2D eigenvalue weighted by Crippen LogP contribution is 2.34. The number of nitriles is 1. The summed E-state index contributed by atoms with van der Waals surface area (Å²) in [6.07, 6.45) is 0. The van der Waals surface area contributed by atoms with Crippen LogP contribution >= 0.6 is 34.4 Å². The Labute approximate surface area is 127 Å². The van der Waals surface area contributed by atoms with Gasteiger partial charge in [-0.3, -0.25) is 4.79 Å². The summed E-state index contributed by atoms with van der Waals surface area (Å²) >= 11 is 4.32. The Balaban J connectivity index is 2.12. The molecule has 7 heteroatoms. The lowest BCUT2D eigenvalue weighted by Crippen LogP contribution is -2.09. The largest absolute Gasteiger partial charge is 0.301 e. The van der Waals surface area contributed by atoms with Gasteiger partial charge in [-0.25, -0.2) is 4.98 Å². The molecule has 0 aliphatic rings. The molecule has 4 nitrogen and oxygen atoms in total. The summed E-state index contributed by atoms with van der Waals surface area (Å²) in [7, 11) is 0. The van der Waals surface area contributed by atoms with Crippen molar-refractivity contribution in [2.75, 3.05) is 0 Å². The average molecular weight is 319 g/mol. The summed E-state index contributed by atoms with van der Waals surface area (Å²) in [6.45, 7) is 1.78. The second-order valence-corrected chi connectivity index (χ2v) is 7.20. The minimum atomic E-state index is -0.243. The van der Waals surface area contributed by atoms with E-state index in [-0.39, 0.29) is 10.8 Å². The molecule has 0 aromatic carbocycles. The van der Waals surface area contributed by atoms with Crippen LogP contribution in [0.25, 0.3) is 20.7 Å². The smallest absolute Gasteiger partial charge is 0.260 e. The van der Waals surface area contributed by atoms with Gasteiger partial charge in [-0.15, -0.1) is 22.7 Å². The van der Waals surface area contributed by atoms with Crippen LogP contribution in [0.2, 0.25) is 0 Å². The van der Waals surface area contributed by atoms with Gasteiger partial charge in [0, 0.05) is 15.8 Å². The van der Waals surface area contributed by atoms with Crippen molar-refractivity contribution in [2.24, 2.45) is 0 Å². The number of nitrogens with one attached hydrogen (secondary N) is 1. The van der Waals surface area contributed by atoms with Crippen LogP contribution in [-0.4, -0.2) is 15.2 Å². The van der Waals surface area contributed by atoms with Gasteiger partial charge in [0.15, 0.2) is 5.16 Å². The molecule has 0 radical (unpaired) electrons. The lowest BCUT2D eigenvalue weighted by atomic mass is 10.2. The zero-order valence-corrected chi connectivity index (χ0v) is 12.9. The molecule has 0 aliphatic carbocycles. The van der Waals surface area contributed by atoms with E-state index in [4.69, 9.17) is 5.26 Å². The van der Waals surface area contributed by atoms with E-state index >= 15 is 0 Å². The predicted octanol–water partition coefficient (Wildman–Crippen LogP) is 3.72. The first-order valence-electron chi connectivity index (χ1n) is 5.80. The normalized spacial score (nSPS) is 12.4. The highest BCUT2D eigenvalue weighted by Gasteiger charge is 2.14. The maximum atomic E-state index is 12.3. The summed E-state index contributed by atoms with van der Waals surface area (Å²) in [5.41, 5.74) is 0.783. The summed E-state index contributed by atoms with van der Waals surface area (Å²) in [6, 6.07) is 6.07. The first-order chi connectivity index (χ1) is 9.69. The number of hydrogen-bond acceptors (Lipinski definition) is 6. The predicted molar refractivity (Wildman–Crippen MR) is 84.5 cm³/mol. The standard InChI is InChI=1S/C13H9N3OS3/c1-7(5-14)20-13-15-11(17)10-8(6-19-12(10)16-13)9-3-2-4-18-9/h2-4,6-7H,1H3,(H,15,16,17)/t7-/m0/s1. The molecule has 0 bridgehead atoms. The van der Waals surface area contributed by atoms with Crippen LogP contribution in [0, 0.1) is 11.3 Å². The Kier molecular flexibility index (Phi) is 3.61. The maximum absolute atomic E-state index is 12.3. The van der Waals surface area contributed by atoms with Crippen molar-refractivity contribution in [3.8, 4) is 16.5 Å². The molecule has 0 fully saturated rings. The van der Waals surface area contributed by atoms with Crippen LogP contribution in [0.3, 0.4) is 0 Å². The van der Waals surface area contributed by atoms with E-state index in [1.807, 2.05) is 22.9 Å². The number of thiophene rings is 2. The summed E-state index contributed by atoms with van der Waals surface area (Å²) in [4.78, 5) is 21.2. The van der Waals surface area contributed by atoms with Gasteiger partial charge in [0.25, 0.3) is 5.56 Å². The van der Waals surface area contributed by atoms with Gasteiger partial charge in [-0.05, 0) is 18.4 Å². The lowest BCUT2D eigenvalue weighted by Gasteiger charge is -2.01. The van der Waals surface area contributed by atoms with E-state index in [0.29, 0.717) is 15.4 Å². The molecule has 0 spiro atoms. The van der Waals surface area contributed by atoms with Crippen molar-refractivity contribution in [1.82, 2.24) is 9.97 Å². The molecule has 0 unspecified atom stereocenters. The van der Waals surface area contributed by atoms with Crippen LogP contribution in [0.15, 0.2) is 32.8 Å². The first-order valence-corrected chi connectivity index (χ1v) is 8.44. The third kappa shape index (κ3) is 2.38. The number of hydrogen-bond donors (Lipinski definition) is 1. The first kappa shape index (κ1) is 13.4. The third-order valence-corrected chi connectivity index (χ3v) is 5.33. The minimum Gasteiger partial charge on any atom is -0.301 e. The number of H-pyrrole nitrogens is 1. The molecule has 3 aromatic rings. The molecule has 20 heavy (non-hydrogen) atoms. The molecule has 100 valence electrons. The molecule has 1 N–H and O–H groups in total. The second-order valence-electron chi connectivity index (χ2n) is 4.07. The minimum absolute atomic E-state index is 0.146. The van der Waals surface area contributed by atoms with Crippen molar-refractivity contribution in [2.45, 2.75) is 17.3 Å². The molecule has 0 saturated carbocycles. The van der Waals surface area contributed by atoms with Crippen molar-refractivity contribution in [3.63, 3.8) is 0 Å². The van der Waals surface area contributed by atoms with E-state index in [0.717, 1.165) is 10.4 Å². The molecule has 3 heterocycles. The van der Waals surface area contributed by atoms with E-state index in [2.05, 4.69) is 16.0 Å². The molecule has 1 atom stereocenters. The van der Waals surface area contributed by atoms with Crippen LogP contribution in [-0.2, 0) is 0 Å². The zero-order valence-electron chi connectivity index (χ0n) is 10.4. The monoisotopic (exact) mass is 319 g/mol. The lowest BCUT2D eigenvalue weighted by molar-refractivity contribution is 0.975. The van der Waals surface area contributed by atoms with E-state index in [1.165, 1.54) is 23.1 Å². The van der Waals surface area contributed by atoms with Crippen LogP contribution < -0.4 is 5.56 Å². The fraction of sp³-hybridized carbons (Fsp3) is 0.154. The Hall–Kier alpha value is -1.62. The molecule has 0 aliphatic heterocycles. The fourth-order valence-corrected chi connectivity index (χ4v) is 4.30. The molecular formula is C13H9N3OS3. The quantitative estimate of drug-likeness (QED) is 0.590. The van der Waals surface area contributed by atoms with Crippen molar-refractivity contribution < 1.29 is 0 Å². The summed E-state index contributed by atoms with van der Waals surface area (Å²) in [5.74, 6) is 0. The van der Waals surface area contributed by atoms with Gasteiger partial charge < -0.3 is 4.98 Å². The van der Waals surface area contributed by atoms with Crippen molar-refractivity contribution >= 4 is 44.7 Å². The Morgan fingerprint density at radius 2 is 2.35 bits per heavy atom. The topological polar surface area (TPSA) is 69.5 Å². The summed E-state index contributed by atoms with van der Waals surface area (Å²) < 4.78 is 0. The highest BCUT2D eigenvalue weighted by atomic mass is 32.2. The molecular weight excluding hydrogens is 310 g/mol. The molecule has 0 amide bonds. The Bertz CT molecular complexity index is 842. The molecule has 0 saturated heterocycles. The van der Waals surface area contributed by atoms with Gasteiger partial charge in [-0.2, -0.15) is 5.26 Å². The number of rotatable bonds is 3. The highest BCUT2D eigenvalue weighted by molar-refractivity contribution is 8.00. The Morgan fingerprint density at radius 3 is 3.05 bits per heavy atom. The van der Waals surface area contributed by atoms with Gasteiger partial charge in [0.05, 0.1) is 16.7 Å². The van der Waals surface area contributed by atoms with Gasteiger partial charge in [0.2, 0.25) is 0 Å². The summed E-state index contributed by atoms with van der Waals surface area (Å²) in [5, 5.41) is 13.6. The van der Waals surface area contributed by atoms with Crippen molar-refractivity contribution in [1.29, 1.82) is 5.26 Å². The van der Waals surface area contributed by atoms with Crippen LogP contribution in [0.4, 0.5) is 0 Å². The average Bonchev–Trinajstić information content (AvgIpc) is 3.06. The number of aromatic nitrogens is 2. The van der Waals surface area contributed by atoms with Crippen LogP contribution in [0.1, 0.15) is 6.92 Å². The van der Waals surface area contributed by atoms with Gasteiger partial charge in [-0.1, -0.05) is 17.8 Å². The molecule has 3 rings (SSSR count).